The van der Waals surface area contributed by atoms with Gasteiger partial charge in [-0.25, -0.2) is 0 Å². The maximum atomic E-state index is 10.2. The summed E-state index contributed by atoms with van der Waals surface area (Å²) in [5, 5.41) is 0. The van der Waals surface area contributed by atoms with E-state index < -0.39 is 0 Å². The van der Waals surface area contributed by atoms with E-state index in [2.05, 4.69) is 4.99 Å². The minimum Gasteiger partial charge on any atom is -0.354 e. The van der Waals surface area contributed by atoms with Crippen molar-refractivity contribution in [2.75, 3.05) is 13.1 Å². The highest BCUT2D eigenvalue weighted by molar-refractivity contribution is 5.91. The fraction of sp³-hybridized carbons (Fsp3) is 0.250. The van der Waals surface area contributed by atoms with Crippen molar-refractivity contribution >= 4 is 12.1 Å². The van der Waals surface area contributed by atoms with Crippen LogP contribution in [0.15, 0.2) is 29.8 Å². The number of aldehydes is 1. The van der Waals surface area contributed by atoms with Crippen molar-refractivity contribution in [2.45, 2.75) is 0 Å². The first kappa shape index (κ1) is 7.24. The van der Waals surface area contributed by atoms with Crippen LogP contribution in [0, 0.1) is 0 Å². The Morgan fingerprint density at radius 1 is 1.67 bits per heavy atom. The van der Waals surface area contributed by atoms with Crippen molar-refractivity contribution in [3.05, 3.63) is 24.8 Å². The van der Waals surface area contributed by atoms with Crippen LogP contribution in [0.25, 0.3) is 0 Å². The van der Waals surface area contributed by atoms with Gasteiger partial charge in [-0.1, -0.05) is 4.90 Å². The SMILES string of the molecule is O=CCN1C=C[N+]2C=CN=C2C1. The van der Waals surface area contributed by atoms with Gasteiger partial charge in [0.2, 0.25) is 0 Å². The van der Waals surface area contributed by atoms with Crippen LogP contribution in [-0.2, 0) is 4.79 Å². The molecule has 0 aliphatic carbocycles. The summed E-state index contributed by atoms with van der Waals surface area (Å²) < 4.78 is 0. The lowest BCUT2D eigenvalue weighted by Crippen LogP contribution is -2.39. The lowest BCUT2D eigenvalue weighted by atomic mass is 10.4. The van der Waals surface area contributed by atoms with E-state index in [1.165, 1.54) is 0 Å². The standard InChI is InChI=1S/C8H9N3O/c12-6-5-10-3-4-11-2-1-9-8(11)7-10/h1-4,6H,5,7H2/q+1. The number of nitrogens with zero attached hydrogens (tertiary/aromatic N) is 3. The molecule has 0 aromatic heterocycles. The van der Waals surface area contributed by atoms with Crippen LogP contribution in [0.2, 0.25) is 0 Å². The number of carbonyl (C=O) groups is 1. The Kier molecular flexibility index (Phi) is 1.75. The van der Waals surface area contributed by atoms with Crippen LogP contribution in [0.4, 0.5) is 0 Å². The zero-order valence-corrected chi connectivity index (χ0v) is 6.55. The number of hydrogen-bond acceptors (Lipinski definition) is 4. The summed E-state index contributed by atoms with van der Waals surface area (Å²) in [7, 11) is 0. The molecule has 2 aliphatic rings. The Bertz CT molecular complexity index is 280. The highest BCUT2D eigenvalue weighted by Crippen LogP contribution is 2.07. The summed E-state index contributed by atoms with van der Waals surface area (Å²) in [5.74, 6) is 0.972. The molecule has 0 fully saturated rings. The van der Waals surface area contributed by atoms with Crippen molar-refractivity contribution < 1.29 is 4.79 Å². The monoisotopic (exact) mass is 163 g/mol. The van der Waals surface area contributed by atoms with E-state index in [0.717, 1.165) is 12.1 Å². The topological polar surface area (TPSA) is 38.6 Å². The Morgan fingerprint density at radius 3 is 3.42 bits per heavy atom. The molecule has 0 bridgehead atoms. The van der Waals surface area contributed by atoms with E-state index in [-0.39, 0.29) is 0 Å². The van der Waals surface area contributed by atoms with Crippen LogP contribution >= 0.6 is 0 Å². The molecule has 2 rings (SSSR count). The quantitative estimate of drug-likeness (QED) is 0.424. The molecule has 0 aromatic rings. The van der Waals surface area contributed by atoms with Crippen molar-refractivity contribution in [1.29, 1.82) is 0 Å². The van der Waals surface area contributed by atoms with Crippen LogP contribution in [0.3, 0.4) is 0 Å². The molecule has 0 spiro atoms. The maximum absolute atomic E-state index is 10.2. The van der Waals surface area contributed by atoms with Gasteiger partial charge in [0.1, 0.15) is 12.8 Å². The molecule has 61 valence electrons. The second kappa shape index (κ2) is 2.91. The Morgan fingerprint density at radius 2 is 2.58 bits per heavy atom. The van der Waals surface area contributed by atoms with Crippen molar-refractivity contribution in [2.24, 2.45) is 4.99 Å². The molecule has 0 saturated carbocycles. The minimum absolute atomic E-state index is 0.434. The van der Waals surface area contributed by atoms with Gasteiger partial charge in [0.15, 0.2) is 12.4 Å². The Hall–Kier alpha value is -1.42. The van der Waals surface area contributed by atoms with Crippen molar-refractivity contribution in [3.63, 3.8) is 0 Å². The van der Waals surface area contributed by atoms with E-state index >= 15 is 0 Å². The Labute approximate surface area is 70.5 Å². The van der Waals surface area contributed by atoms with Crippen LogP contribution in [0.1, 0.15) is 0 Å². The highest BCUT2D eigenvalue weighted by atomic mass is 16.1. The largest absolute Gasteiger partial charge is 0.354 e. The zero-order valence-electron chi connectivity index (χ0n) is 6.55. The molecule has 0 atom stereocenters. The third kappa shape index (κ3) is 1.16. The molecule has 4 heteroatoms. The first-order valence-electron chi connectivity index (χ1n) is 3.78. The highest BCUT2D eigenvalue weighted by Gasteiger charge is 2.28. The molecular weight excluding hydrogens is 154 g/mol. The fourth-order valence-corrected chi connectivity index (χ4v) is 1.22. The van der Waals surface area contributed by atoms with Gasteiger partial charge in [-0.15, -0.1) is 0 Å². The van der Waals surface area contributed by atoms with Gasteiger partial charge in [0.05, 0.1) is 18.9 Å². The van der Waals surface area contributed by atoms with E-state index in [1.807, 2.05) is 28.4 Å². The third-order valence-electron chi connectivity index (χ3n) is 1.84. The molecule has 0 aromatic carbocycles. The van der Waals surface area contributed by atoms with Crippen molar-refractivity contribution in [1.82, 2.24) is 9.80 Å². The normalized spacial score (nSPS) is 21.0. The average molecular weight is 163 g/mol. The summed E-state index contributed by atoms with van der Waals surface area (Å²) in [5.41, 5.74) is 0. The smallest absolute Gasteiger partial charge is 0.282 e. The van der Waals surface area contributed by atoms with E-state index in [9.17, 15) is 4.79 Å². The molecule has 0 amide bonds. The number of aliphatic imine (C=N–C) groups is 1. The van der Waals surface area contributed by atoms with E-state index in [0.29, 0.717) is 13.1 Å². The first-order valence-corrected chi connectivity index (χ1v) is 3.78. The molecule has 0 N–H and O–H groups in total. The molecule has 2 aliphatic heterocycles. The number of carbonyl (C=O) groups excluding carboxylic acids is 1. The fourth-order valence-electron chi connectivity index (χ4n) is 1.22. The van der Waals surface area contributed by atoms with Crippen LogP contribution < -0.4 is 4.90 Å². The molecule has 0 unspecified atom stereocenters. The Balaban J connectivity index is 2.09. The zero-order chi connectivity index (χ0) is 8.39. The van der Waals surface area contributed by atoms with Gasteiger partial charge in [0.25, 0.3) is 5.84 Å². The van der Waals surface area contributed by atoms with E-state index in [1.54, 1.807) is 6.20 Å². The third-order valence-corrected chi connectivity index (χ3v) is 1.84. The second-order valence-corrected chi connectivity index (χ2v) is 2.64. The predicted molar refractivity (Wildman–Crippen MR) is 45.5 cm³/mol. The van der Waals surface area contributed by atoms with Gasteiger partial charge in [-0.3, -0.25) is 0 Å². The van der Waals surface area contributed by atoms with Gasteiger partial charge < -0.3 is 9.69 Å². The number of rotatable bonds is 2. The predicted octanol–water partition coefficient (Wildman–Crippen LogP) is -0.00450. The van der Waals surface area contributed by atoms with Gasteiger partial charge in [0, 0.05) is 0 Å². The lowest BCUT2D eigenvalue weighted by Gasteiger charge is -2.18. The van der Waals surface area contributed by atoms with Gasteiger partial charge in [-0.05, 0) is 0 Å². The summed E-state index contributed by atoms with van der Waals surface area (Å²) in [4.78, 5) is 18.2. The molecule has 2 heterocycles. The molecular formula is C8H9N3O+. The summed E-state index contributed by atoms with van der Waals surface area (Å²) >= 11 is 0. The summed E-state index contributed by atoms with van der Waals surface area (Å²) in [6.07, 6.45) is 8.33. The lowest BCUT2D eigenvalue weighted by molar-refractivity contribution is -0.108. The second-order valence-electron chi connectivity index (χ2n) is 2.64. The van der Waals surface area contributed by atoms with E-state index in [4.69, 9.17) is 0 Å². The number of fused-ring (bicyclic) bond motifs is 1. The van der Waals surface area contributed by atoms with Crippen LogP contribution in [-0.4, -0.2) is 30.1 Å². The molecule has 12 heavy (non-hydrogen) atoms. The first-order chi connectivity index (χ1) is 5.90. The molecule has 4 nitrogen and oxygen atoms in total. The average Bonchev–Trinajstić information content (AvgIpc) is 2.51. The van der Waals surface area contributed by atoms with Crippen LogP contribution in [0.5, 0.6) is 0 Å². The molecule has 0 saturated heterocycles. The number of amidine groups is 1. The molecule has 1 radical (unpaired) electrons. The summed E-state index contributed by atoms with van der Waals surface area (Å²) in [6.45, 7) is 1.14. The van der Waals surface area contributed by atoms with Gasteiger partial charge in [-0.2, -0.15) is 4.99 Å². The maximum Gasteiger partial charge on any atom is 0.282 e. The van der Waals surface area contributed by atoms with Crippen molar-refractivity contribution in [3.8, 4) is 0 Å². The van der Waals surface area contributed by atoms with Gasteiger partial charge >= 0.3 is 0 Å². The summed E-state index contributed by atoms with van der Waals surface area (Å²) in [6, 6.07) is 0. The minimum atomic E-state index is 0.434. The number of hydrogen-bond donors (Lipinski definition) is 0.